The quantitative estimate of drug-likeness (QED) is 0.378. The predicted molar refractivity (Wildman–Crippen MR) is 151 cm³/mol. The number of phenolic OH excluding ortho intramolecular Hbond substituents is 1. The number of aromatic hydroxyl groups is 1. The van der Waals surface area contributed by atoms with Crippen molar-refractivity contribution in [2.45, 2.75) is 47.1 Å². The summed E-state index contributed by atoms with van der Waals surface area (Å²) in [6.45, 7) is 10.8. The van der Waals surface area contributed by atoms with Crippen molar-refractivity contribution in [3.05, 3.63) is 84.5 Å². The Kier molecular flexibility index (Phi) is 8.91. The molecule has 0 radical (unpaired) electrons. The molecule has 1 atom stereocenters. The van der Waals surface area contributed by atoms with E-state index in [4.69, 9.17) is 14.2 Å². The molecule has 9 heteroatoms. The van der Waals surface area contributed by atoms with Gasteiger partial charge in [0.15, 0.2) is 16.3 Å². The van der Waals surface area contributed by atoms with Gasteiger partial charge in [-0.25, -0.2) is 9.79 Å². The fraction of sp³-hybridized carbons (Fsp3) is 0.367. The number of nitrogens with zero attached hydrogens (tertiary/aromatic N) is 2. The van der Waals surface area contributed by atoms with E-state index in [1.165, 1.54) is 17.4 Å². The zero-order valence-corrected chi connectivity index (χ0v) is 23.7. The van der Waals surface area contributed by atoms with Crippen LogP contribution in [0.15, 0.2) is 63.5 Å². The zero-order valence-electron chi connectivity index (χ0n) is 22.9. The van der Waals surface area contributed by atoms with Crippen LogP contribution in [0.5, 0.6) is 17.2 Å². The average molecular weight is 551 g/mol. The lowest BCUT2D eigenvalue weighted by molar-refractivity contribution is -0.140. The van der Waals surface area contributed by atoms with Crippen LogP contribution in [0.1, 0.15) is 58.2 Å². The maximum absolute atomic E-state index is 13.8. The molecule has 0 saturated carbocycles. The molecule has 8 nitrogen and oxygen atoms in total. The van der Waals surface area contributed by atoms with Gasteiger partial charge in [0.25, 0.3) is 5.56 Å². The van der Waals surface area contributed by atoms with Crippen LogP contribution in [0.3, 0.4) is 0 Å². The number of hydrogen-bond donors (Lipinski definition) is 1. The summed E-state index contributed by atoms with van der Waals surface area (Å²) < 4.78 is 18.8. The van der Waals surface area contributed by atoms with Crippen molar-refractivity contribution < 1.29 is 24.1 Å². The lowest BCUT2D eigenvalue weighted by Crippen LogP contribution is -2.40. The fourth-order valence-corrected chi connectivity index (χ4v) is 5.27. The lowest BCUT2D eigenvalue weighted by atomic mass is 9.96. The molecule has 0 saturated heterocycles. The molecule has 1 aromatic heterocycles. The highest BCUT2D eigenvalue weighted by molar-refractivity contribution is 7.07. The first kappa shape index (κ1) is 28.2. The van der Waals surface area contributed by atoms with Crippen LogP contribution in [0.25, 0.3) is 6.08 Å². The van der Waals surface area contributed by atoms with E-state index in [1.54, 1.807) is 29.7 Å². The van der Waals surface area contributed by atoms with Gasteiger partial charge in [0.1, 0.15) is 5.75 Å². The van der Waals surface area contributed by atoms with Crippen LogP contribution in [0.4, 0.5) is 0 Å². The van der Waals surface area contributed by atoms with Gasteiger partial charge in [-0.05, 0) is 67.7 Å². The van der Waals surface area contributed by atoms with Crippen LogP contribution in [-0.2, 0) is 9.53 Å². The first-order valence-corrected chi connectivity index (χ1v) is 13.9. The third-order valence-electron chi connectivity index (χ3n) is 6.04. The third-order valence-corrected chi connectivity index (χ3v) is 7.02. The molecule has 0 fully saturated rings. The highest BCUT2D eigenvalue weighted by Gasteiger charge is 2.33. The summed E-state index contributed by atoms with van der Waals surface area (Å²) in [5, 5.41) is 10.1. The van der Waals surface area contributed by atoms with Gasteiger partial charge in [0.05, 0.1) is 41.7 Å². The lowest BCUT2D eigenvalue weighted by Gasteiger charge is -2.25. The highest BCUT2D eigenvalue weighted by Crippen LogP contribution is 2.32. The SMILES string of the molecule is CCCOc1ccc(C2C(C(=O)OCC(C)C)=C(C)N=c3s/c(=C\c4ccc(O)c(OCC)c4)c(=O)n32)cc1. The van der Waals surface area contributed by atoms with Crippen LogP contribution < -0.4 is 24.4 Å². The molecular weight excluding hydrogens is 516 g/mol. The molecule has 3 aromatic rings. The number of fused-ring (bicyclic) bond motifs is 1. The number of thiazole rings is 1. The summed E-state index contributed by atoms with van der Waals surface area (Å²) in [5.74, 6) is 0.761. The number of allylic oxidation sites excluding steroid dienone is 1. The molecule has 0 bridgehead atoms. The van der Waals surface area contributed by atoms with E-state index in [-0.39, 0.29) is 23.8 Å². The number of hydrogen-bond acceptors (Lipinski definition) is 8. The molecule has 1 unspecified atom stereocenters. The second kappa shape index (κ2) is 12.3. The summed E-state index contributed by atoms with van der Waals surface area (Å²) in [4.78, 5) is 32.3. The van der Waals surface area contributed by atoms with Gasteiger partial charge in [-0.1, -0.05) is 50.3 Å². The summed E-state index contributed by atoms with van der Waals surface area (Å²) in [6.07, 6.45) is 2.63. The van der Waals surface area contributed by atoms with Crippen LogP contribution in [0, 0.1) is 5.92 Å². The molecular formula is C30H34N2O6S. The number of carbonyl (C=O) groups excluding carboxylic acids is 1. The fourth-order valence-electron chi connectivity index (χ4n) is 4.23. The number of aromatic nitrogens is 1. The number of phenols is 1. The molecule has 1 N–H and O–H groups in total. The molecule has 2 heterocycles. The smallest absolute Gasteiger partial charge is 0.338 e. The van der Waals surface area contributed by atoms with Crippen molar-refractivity contribution in [1.82, 2.24) is 4.57 Å². The van der Waals surface area contributed by atoms with Crippen molar-refractivity contribution in [2.75, 3.05) is 19.8 Å². The largest absolute Gasteiger partial charge is 0.504 e. The Hall–Kier alpha value is -3.85. The minimum atomic E-state index is -0.706. The maximum atomic E-state index is 13.8. The molecule has 4 rings (SSSR count). The molecule has 0 aliphatic carbocycles. The Bertz CT molecular complexity index is 1550. The monoisotopic (exact) mass is 550 g/mol. The van der Waals surface area contributed by atoms with Crippen molar-refractivity contribution in [3.63, 3.8) is 0 Å². The number of ether oxygens (including phenoxy) is 3. The van der Waals surface area contributed by atoms with Crippen LogP contribution in [-0.4, -0.2) is 35.5 Å². The summed E-state index contributed by atoms with van der Waals surface area (Å²) in [5.41, 5.74) is 2.02. The molecule has 1 aliphatic heterocycles. The second-order valence-electron chi connectivity index (χ2n) is 9.65. The molecule has 39 heavy (non-hydrogen) atoms. The van der Waals surface area contributed by atoms with E-state index in [9.17, 15) is 14.7 Å². The topological polar surface area (TPSA) is 99.4 Å². The highest BCUT2D eigenvalue weighted by atomic mass is 32.1. The minimum absolute atomic E-state index is 0.0296. The minimum Gasteiger partial charge on any atom is -0.504 e. The third kappa shape index (κ3) is 6.25. The normalized spacial score (nSPS) is 15.2. The summed E-state index contributed by atoms with van der Waals surface area (Å²) in [7, 11) is 0. The van der Waals surface area contributed by atoms with Gasteiger partial charge in [-0.15, -0.1) is 0 Å². The van der Waals surface area contributed by atoms with E-state index in [0.29, 0.717) is 45.1 Å². The second-order valence-corrected chi connectivity index (χ2v) is 10.7. The molecule has 0 amide bonds. The van der Waals surface area contributed by atoms with Gasteiger partial charge in [-0.2, -0.15) is 0 Å². The van der Waals surface area contributed by atoms with Crippen LogP contribution in [0.2, 0.25) is 0 Å². The zero-order chi connectivity index (χ0) is 28.1. The van der Waals surface area contributed by atoms with E-state index >= 15 is 0 Å². The average Bonchev–Trinajstić information content (AvgIpc) is 3.21. The van der Waals surface area contributed by atoms with E-state index in [0.717, 1.165) is 17.7 Å². The van der Waals surface area contributed by atoms with Gasteiger partial charge in [-0.3, -0.25) is 9.36 Å². The Balaban J connectivity index is 1.84. The first-order chi connectivity index (χ1) is 18.7. The first-order valence-electron chi connectivity index (χ1n) is 13.1. The van der Waals surface area contributed by atoms with E-state index in [2.05, 4.69) is 4.99 Å². The summed E-state index contributed by atoms with van der Waals surface area (Å²) >= 11 is 1.24. The number of benzene rings is 2. The van der Waals surface area contributed by atoms with E-state index in [1.807, 2.05) is 52.0 Å². The predicted octanol–water partition coefficient (Wildman–Crippen LogP) is 4.33. The van der Waals surface area contributed by atoms with Crippen molar-refractivity contribution in [2.24, 2.45) is 10.9 Å². The van der Waals surface area contributed by atoms with Gasteiger partial charge >= 0.3 is 5.97 Å². The molecule has 0 spiro atoms. The van der Waals surface area contributed by atoms with Crippen molar-refractivity contribution in [3.8, 4) is 17.2 Å². The van der Waals surface area contributed by atoms with E-state index < -0.39 is 12.0 Å². The van der Waals surface area contributed by atoms with Crippen LogP contribution >= 0.6 is 11.3 Å². The van der Waals surface area contributed by atoms with Gasteiger partial charge in [0.2, 0.25) is 0 Å². The number of esters is 1. The number of carbonyl (C=O) groups is 1. The van der Waals surface area contributed by atoms with Gasteiger partial charge in [0, 0.05) is 0 Å². The Morgan fingerprint density at radius 2 is 1.90 bits per heavy atom. The Morgan fingerprint density at radius 1 is 1.15 bits per heavy atom. The standard InChI is InChI=1S/C30H34N2O6S/c1-6-14-37-22-11-9-21(10-12-22)27-26(29(35)38-17-18(3)4)19(5)31-30-32(27)28(34)25(39-30)16-20-8-13-23(33)24(15-20)36-7-2/h8-13,15-16,18,27,33H,6-7,14,17H2,1-5H3/b25-16-. The van der Waals surface area contributed by atoms with Crippen molar-refractivity contribution >= 4 is 23.4 Å². The van der Waals surface area contributed by atoms with Gasteiger partial charge < -0.3 is 19.3 Å². The molecule has 1 aliphatic rings. The molecule has 2 aromatic carbocycles. The Morgan fingerprint density at radius 3 is 2.56 bits per heavy atom. The molecule has 206 valence electrons. The maximum Gasteiger partial charge on any atom is 0.338 e. The number of rotatable bonds is 10. The van der Waals surface area contributed by atoms with Crippen molar-refractivity contribution in [1.29, 1.82) is 0 Å². The Labute approximate surface area is 231 Å². The summed E-state index contributed by atoms with van der Waals surface area (Å²) in [6, 6.07) is 11.7.